The number of hydrogen-bond donors (Lipinski definition) is 0. The van der Waals surface area contributed by atoms with Gasteiger partial charge < -0.3 is 9.80 Å². The molecule has 1 aromatic carbocycles. The summed E-state index contributed by atoms with van der Waals surface area (Å²) in [7, 11) is 0. The molecule has 138 valence electrons. The molecular formula is C17H22N6O2S. The van der Waals surface area contributed by atoms with Crippen LogP contribution in [-0.4, -0.2) is 73.8 Å². The Hall–Kier alpha value is -2.42. The molecule has 0 radical (unpaired) electrons. The molecule has 9 heteroatoms. The van der Waals surface area contributed by atoms with Crippen LogP contribution < -0.4 is 0 Å². The minimum atomic E-state index is 0.0363. The van der Waals surface area contributed by atoms with Crippen LogP contribution in [0.15, 0.2) is 23.4 Å². The number of benzene rings is 1. The number of carbonyl (C=O) groups is 2. The Bertz CT molecular complexity index is 793. The van der Waals surface area contributed by atoms with Gasteiger partial charge in [0.15, 0.2) is 0 Å². The maximum absolute atomic E-state index is 12.5. The van der Waals surface area contributed by atoms with Crippen LogP contribution in [0.4, 0.5) is 0 Å². The summed E-state index contributed by atoms with van der Waals surface area (Å²) in [5, 5.41) is 12.5. The Balaban J connectivity index is 1.64. The number of amides is 2. The van der Waals surface area contributed by atoms with Crippen LogP contribution in [0.25, 0.3) is 5.69 Å². The highest BCUT2D eigenvalue weighted by molar-refractivity contribution is 7.99. The molecular weight excluding hydrogens is 352 g/mol. The number of thioether (sulfide) groups is 1. The van der Waals surface area contributed by atoms with Gasteiger partial charge in [0.1, 0.15) is 0 Å². The minimum Gasteiger partial charge on any atom is -0.339 e. The quantitative estimate of drug-likeness (QED) is 0.744. The molecule has 1 fully saturated rings. The maximum atomic E-state index is 12.5. The molecule has 0 atom stereocenters. The van der Waals surface area contributed by atoms with Gasteiger partial charge in [-0.25, -0.2) is 0 Å². The van der Waals surface area contributed by atoms with Crippen LogP contribution in [0.2, 0.25) is 0 Å². The van der Waals surface area contributed by atoms with Gasteiger partial charge in [0.25, 0.3) is 0 Å². The fraction of sp³-hybridized carbons (Fsp3) is 0.471. The van der Waals surface area contributed by atoms with Crippen LogP contribution in [-0.2, 0) is 9.59 Å². The van der Waals surface area contributed by atoms with Crippen molar-refractivity contribution in [2.24, 2.45) is 0 Å². The molecule has 1 aromatic heterocycles. The molecule has 8 nitrogen and oxygen atoms in total. The average molecular weight is 374 g/mol. The Morgan fingerprint density at radius 1 is 1.08 bits per heavy atom. The van der Waals surface area contributed by atoms with Crippen molar-refractivity contribution in [2.75, 3.05) is 31.9 Å². The first kappa shape index (κ1) is 18.4. The third-order valence-electron chi connectivity index (χ3n) is 4.49. The van der Waals surface area contributed by atoms with Gasteiger partial charge in [-0.15, -0.1) is 5.10 Å². The topological polar surface area (TPSA) is 84.2 Å². The number of tetrazole rings is 1. The van der Waals surface area contributed by atoms with Crippen molar-refractivity contribution in [1.29, 1.82) is 0 Å². The molecule has 2 amide bonds. The summed E-state index contributed by atoms with van der Waals surface area (Å²) in [6, 6.07) is 6.02. The van der Waals surface area contributed by atoms with Crippen LogP contribution in [0.5, 0.6) is 0 Å². The lowest BCUT2D eigenvalue weighted by molar-refractivity contribution is -0.136. The van der Waals surface area contributed by atoms with Crippen molar-refractivity contribution in [3.05, 3.63) is 29.3 Å². The molecule has 3 rings (SSSR count). The summed E-state index contributed by atoms with van der Waals surface area (Å²) in [6.45, 7) is 7.90. The van der Waals surface area contributed by atoms with Crippen molar-refractivity contribution in [2.45, 2.75) is 25.9 Å². The largest absolute Gasteiger partial charge is 0.339 e. The van der Waals surface area contributed by atoms with Gasteiger partial charge in [-0.2, -0.15) is 4.68 Å². The fourth-order valence-corrected chi connectivity index (χ4v) is 3.82. The van der Waals surface area contributed by atoms with Gasteiger partial charge in [-0.3, -0.25) is 9.59 Å². The van der Waals surface area contributed by atoms with Crippen LogP contribution >= 0.6 is 11.8 Å². The van der Waals surface area contributed by atoms with E-state index < -0.39 is 0 Å². The van der Waals surface area contributed by atoms with Crippen molar-refractivity contribution in [1.82, 2.24) is 30.0 Å². The highest BCUT2D eigenvalue weighted by Gasteiger charge is 2.23. The van der Waals surface area contributed by atoms with E-state index in [4.69, 9.17) is 0 Å². The monoisotopic (exact) mass is 374 g/mol. The molecule has 2 heterocycles. The van der Waals surface area contributed by atoms with Crippen molar-refractivity contribution >= 4 is 23.6 Å². The molecule has 26 heavy (non-hydrogen) atoms. The van der Waals surface area contributed by atoms with E-state index in [0.717, 1.165) is 16.8 Å². The Kier molecular flexibility index (Phi) is 5.55. The predicted molar refractivity (Wildman–Crippen MR) is 98.2 cm³/mol. The first-order chi connectivity index (χ1) is 12.5. The van der Waals surface area contributed by atoms with Gasteiger partial charge in [0, 0.05) is 33.1 Å². The van der Waals surface area contributed by atoms with E-state index in [-0.39, 0.29) is 17.6 Å². The van der Waals surface area contributed by atoms with E-state index in [9.17, 15) is 9.59 Å². The lowest BCUT2D eigenvalue weighted by Gasteiger charge is -2.34. The first-order valence-electron chi connectivity index (χ1n) is 8.48. The average Bonchev–Trinajstić information content (AvgIpc) is 3.08. The van der Waals surface area contributed by atoms with Crippen LogP contribution in [0, 0.1) is 13.8 Å². The fourth-order valence-electron chi connectivity index (χ4n) is 3.04. The zero-order valence-electron chi connectivity index (χ0n) is 15.2. The van der Waals surface area contributed by atoms with E-state index in [1.165, 1.54) is 11.8 Å². The van der Waals surface area contributed by atoms with Crippen molar-refractivity contribution in [3.8, 4) is 5.69 Å². The maximum Gasteiger partial charge on any atom is 0.233 e. The van der Waals surface area contributed by atoms with Gasteiger partial charge in [-0.05, 0) is 35.4 Å². The number of aromatic nitrogens is 4. The molecule has 0 N–H and O–H groups in total. The Labute approximate surface area is 156 Å². The zero-order chi connectivity index (χ0) is 18.7. The lowest BCUT2D eigenvalue weighted by atomic mass is 10.1. The predicted octanol–water partition coefficient (Wildman–Crippen LogP) is 1.06. The normalized spacial score (nSPS) is 14.6. The van der Waals surface area contributed by atoms with Gasteiger partial charge in [-0.1, -0.05) is 30.0 Å². The third kappa shape index (κ3) is 3.87. The molecule has 0 saturated carbocycles. The molecule has 0 unspecified atom stereocenters. The second-order valence-corrected chi connectivity index (χ2v) is 7.23. The van der Waals surface area contributed by atoms with E-state index in [1.807, 2.05) is 32.0 Å². The molecule has 0 aliphatic carbocycles. The minimum absolute atomic E-state index is 0.0363. The van der Waals surface area contributed by atoms with Crippen molar-refractivity contribution in [3.63, 3.8) is 0 Å². The van der Waals surface area contributed by atoms with E-state index in [0.29, 0.717) is 31.3 Å². The lowest BCUT2D eigenvalue weighted by Crippen LogP contribution is -2.50. The molecule has 1 saturated heterocycles. The summed E-state index contributed by atoms with van der Waals surface area (Å²) in [6.07, 6.45) is 0. The summed E-state index contributed by atoms with van der Waals surface area (Å²) in [5.41, 5.74) is 3.10. The van der Waals surface area contributed by atoms with Gasteiger partial charge >= 0.3 is 0 Å². The van der Waals surface area contributed by atoms with Crippen LogP contribution in [0.1, 0.15) is 18.1 Å². The van der Waals surface area contributed by atoms with Gasteiger partial charge in [0.2, 0.25) is 17.0 Å². The second-order valence-electron chi connectivity index (χ2n) is 6.29. The highest BCUT2D eigenvalue weighted by Crippen LogP contribution is 2.23. The molecule has 0 spiro atoms. The summed E-state index contributed by atoms with van der Waals surface area (Å²) in [5.74, 6) is 0.360. The molecule has 2 aromatic rings. The first-order valence-corrected chi connectivity index (χ1v) is 9.47. The second kappa shape index (κ2) is 7.86. The van der Waals surface area contributed by atoms with Gasteiger partial charge in [0.05, 0.1) is 11.4 Å². The van der Waals surface area contributed by atoms with E-state index in [1.54, 1.807) is 21.4 Å². The number of aryl methyl sites for hydroxylation is 2. The summed E-state index contributed by atoms with van der Waals surface area (Å²) >= 11 is 1.33. The van der Waals surface area contributed by atoms with E-state index in [2.05, 4.69) is 15.5 Å². The zero-order valence-corrected chi connectivity index (χ0v) is 16.0. The van der Waals surface area contributed by atoms with E-state index >= 15 is 0 Å². The number of hydrogen-bond acceptors (Lipinski definition) is 6. The number of nitrogens with zero attached hydrogens (tertiary/aromatic N) is 6. The van der Waals surface area contributed by atoms with Crippen molar-refractivity contribution < 1.29 is 9.59 Å². The van der Waals surface area contributed by atoms with Crippen LogP contribution in [0.3, 0.4) is 0 Å². The smallest absolute Gasteiger partial charge is 0.233 e. The SMILES string of the molecule is CC(=O)N1CCN(C(=O)CSc2nnnn2-c2c(C)cccc2C)CC1. The number of carbonyl (C=O) groups excluding carboxylic acids is 2. The summed E-state index contributed by atoms with van der Waals surface area (Å²) < 4.78 is 1.69. The standard InChI is InChI=1S/C17H22N6O2S/c1-12-5-4-6-13(2)16(12)23-17(18-19-20-23)26-11-15(25)22-9-7-21(8-10-22)14(3)24/h4-6H,7-11H2,1-3H3. The molecule has 0 bridgehead atoms. The highest BCUT2D eigenvalue weighted by atomic mass is 32.2. The molecule has 1 aliphatic heterocycles. The number of rotatable bonds is 4. The molecule has 1 aliphatic rings. The summed E-state index contributed by atoms with van der Waals surface area (Å²) in [4.78, 5) is 27.4. The number of para-hydroxylation sites is 1. The third-order valence-corrected chi connectivity index (χ3v) is 5.40. The Morgan fingerprint density at radius 2 is 1.69 bits per heavy atom. The Morgan fingerprint density at radius 3 is 2.31 bits per heavy atom. The number of piperazine rings is 1.